The third kappa shape index (κ3) is 8.29. The number of aliphatic hydroxyl groups is 4. The van der Waals surface area contributed by atoms with Crippen molar-refractivity contribution in [3.8, 4) is 28.6 Å². The Bertz CT molecular complexity index is 2170. The molecule has 6 aromatic rings. The number of halogens is 1. The zero-order valence-electron chi connectivity index (χ0n) is 30.6. The molecule has 288 valence electrons. The molecule has 0 aliphatic heterocycles. The van der Waals surface area contributed by atoms with Crippen LogP contribution >= 0.6 is 27.3 Å². The molecule has 3 aromatic heterocycles. The molecule has 0 aliphatic rings. The Labute approximate surface area is 327 Å². The number of nitrogens with two attached hydrogens (primary N) is 2. The molecular formula is C41H49BrN4O7S. The molecule has 4 atom stereocenters. The number of fused-ring (bicyclic) bond motifs is 2. The molecule has 6 rings (SSSR count). The van der Waals surface area contributed by atoms with Gasteiger partial charge in [0, 0.05) is 26.1 Å². The topological polar surface area (TPSA) is 194 Å². The van der Waals surface area contributed by atoms with E-state index in [2.05, 4.69) is 45.1 Å². The zero-order chi connectivity index (χ0) is 38.5. The number of benzene rings is 3. The quantitative estimate of drug-likeness (QED) is 0.0442. The fourth-order valence-corrected chi connectivity index (χ4v) is 8.28. The van der Waals surface area contributed by atoms with Crippen LogP contribution in [0, 0.1) is 0 Å². The van der Waals surface area contributed by atoms with E-state index in [0.29, 0.717) is 45.3 Å². The molecule has 0 saturated carbocycles. The van der Waals surface area contributed by atoms with Crippen LogP contribution in [0.2, 0.25) is 0 Å². The Morgan fingerprint density at radius 2 is 1.56 bits per heavy atom. The molecule has 0 radical (unpaired) electrons. The summed E-state index contributed by atoms with van der Waals surface area (Å²) in [6.45, 7) is 3.38. The first-order valence-electron chi connectivity index (χ1n) is 18.5. The normalized spacial score (nSPS) is 15.4. The summed E-state index contributed by atoms with van der Waals surface area (Å²) in [7, 11) is 0. The van der Waals surface area contributed by atoms with E-state index in [1.807, 2.05) is 37.3 Å². The highest BCUT2D eigenvalue weighted by Gasteiger charge is 2.50. The highest BCUT2D eigenvalue weighted by atomic mass is 79.9. The van der Waals surface area contributed by atoms with E-state index >= 15 is 0 Å². The number of ether oxygens (including phenoxy) is 1. The van der Waals surface area contributed by atoms with Gasteiger partial charge < -0.3 is 45.6 Å². The number of aryl methyl sites for hydroxylation is 1. The van der Waals surface area contributed by atoms with E-state index in [9.17, 15) is 20.4 Å². The van der Waals surface area contributed by atoms with Crippen LogP contribution in [-0.4, -0.2) is 62.6 Å². The summed E-state index contributed by atoms with van der Waals surface area (Å²) in [6, 6.07) is 20.4. The summed E-state index contributed by atoms with van der Waals surface area (Å²) in [6.07, 6.45) is 5.53. The second-order valence-corrected chi connectivity index (χ2v) is 16.0. The fraction of sp³-hybridized carbons (Fsp3) is 0.415. The van der Waals surface area contributed by atoms with Crippen molar-refractivity contribution in [1.82, 2.24) is 10.1 Å². The van der Waals surface area contributed by atoms with Gasteiger partial charge in [-0.15, -0.1) is 11.3 Å². The minimum absolute atomic E-state index is 0.0173. The second kappa shape index (κ2) is 17.4. The second-order valence-electron chi connectivity index (χ2n) is 14.1. The molecule has 0 amide bonds. The predicted molar refractivity (Wildman–Crippen MR) is 215 cm³/mol. The number of unbranched alkanes of at least 4 members (excludes halogenated alkanes) is 5. The largest absolute Gasteiger partial charge is 0.492 e. The summed E-state index contributed by atoms with van der Waals surface area (Å²) < 4.78 is 19.1. The SMILES string of the molecule is CCCCCCCCc1ccc2sc(C(N)(CO)C(O)C(O)C(N)(CO)c3cc4cc(-c5noc(-c6ccc(OCCC)c(Br)c6)n5)ccc4o3)cc2c1. The summed E-state index contributed by atoms with van der Waals surface area (Å²) in [5.41, 5.74) is 12.6. The van der Waals surface area contributed by atoms with Gasteiger partial charge >= 0.3 is 0 Å². The molecule has 0 aliphatic carbocycles. The van der Waals surface area contributed by atoms with Gasteiger partial charge in [-0.25, -0.2) is 0 Å². The fourth-order valence-electron chi connectivity index (χ4n) is 6.62. The van der Waals surface area contributed by atoms with Gasteiger partial charge in [0.1, 0.15) is 40.4 Å². The average molecular weight is 822 g/mol. The smallest absolute Gasteiger partial charge is 0.258 e. The number of nitrogens with zero attached hydrogens (tertiary/aromatic N) is 2. The van der Waals surface area contributed by atoms with Gasteiger partial charge in [0.05, 0.1) is 24.3 Å². The van der Waals surface area contributed by atoms with Gasteiger partial charge in [-0.2, -0.15) is 4.98 Å². The van der Waals surface area contributed by atoms with Crippen molar-refractivity contribution in [3.05, 3.63) is 87.4 Å². The molecule has 54 heavy (non-hydrogen) atoms. The van der Waals surface area contributed by atoms with Gasteiger partial charge in [0.2, 0.25) is 5.82 Å². The number of hydrogen-bond donors (Lipinski definition) is 6. The monoisotopic (exact) mass is 820 g/mol. The first-order valence-corrected chi connectivity index (χ1v) is 20.1. The summed E-state index contributed by atoms with van der Waals surface area (Å²) in [4.78, 5) is 5.06. The predicted octanol–water partition coefficient (Wildman–Crippen LogP) is 7.53. The highest BCUT2D eigenvalue weighted by molar-refractivity contribution is 9.10. The van der Waals surface area contributed by atoms with E-state index in [1.165, 1.54) is 49.0 Å². The number of aromatic nitrogens is 2. The van der Waals surface area contributed by atoms with Crippen molar-refractivity contribution >= 4 is 48.3 Å². The Balaban J connectivity index is 1.20. The van der Waals surface area contributed by atoms with Crippen LogP contribution in [0.1, 0.15) is 75.0 Å². The third-order valence-corrected chi connectivity index (χ3v) is 12.0. The maximum Gasteiger partial charge on any atom is 0.258 e. The number of thiophene rings is 1. The number of hydrogen-bond acceptors (Lipinski definition) is 12. The van der Waals surface area contributed by atoms with Crippen molar-refractivity contribution in [3.63, 3.8) is 0 Å². The minimum Gasteiger partial charge on any atom is -0.492 e. The van der Waals surface area contributed by atoms with Gasteiger partial charge in [-0.3, -0.25) is 0 Å². The lowest BCUT2D eigenvalue weighted by atomic mass is 9.79. The molecule has 0 saturated heterocycles. The van der Waals surface area contributed by atoms with Crippen LogP contribution in [0.15, 0.2) is 80.1 Å². The van der Waals surface area contributed by atoms with Crippen molar-refractivity contribution in [2.45, 2.75) is 88.5 Å². The van der Waals surface area contributed by atoms with Crippen molar-refractivity contribution in [1.29, 1.82) is 0 Å². The van der Waals surface area contributed by atoms with Gasteiger partial charge in [0.15, 0.2) is 0 Å². The van der Waals surface area contributed by atoms with Crippen LogP contribution in [0.4, 0.5) is 0 Å². The molecule has 0 spiro atoms. The number of rotatable bonds is 19. The number of furan rings is 1. The van der Waals surface area contributed by atoms with Gasteiger partial charge in [-0.1, -0.05) is 63.2 Å². The molecule has 13 heteroatoms. The minimum atomic E-state index is -1.99. The Hall–Kier alpha value is -3.66. The van der Waals surface area contributed by atoms with Crippen LogP contribution in [0.5, 0.6) is 5.75 Å². The molecule has 0 fully saturated rings. The lowest BCUT2D eigenvalue weighted by Gasteiger charge is -2.40. The molecule has 0 bridgehead atoms. The third-order valence-electron chi connectivity index (χ3n) is 10.0. The summed E-state index contributed by atoms with van der Waals surface area (Å²) >= 11 is 4.87. The lowest BCUT2D eigenvalue weighted by Crippen LogP contribution is -2.64. The molecule has 8 N–H and O–H groups in total. The molecule has 11 nitrogen and oxygen atoms in total. The Morgan fingerprint density at radius 1 is 0.815 bits per heavy atom. The van der Waals surface area contributed by atoms with Gasteiger partial charge in [-0.05, 0) is 101 Å². The summed E-state index contributed by atoms with van der Waals surface area (Å²) in [5, 5.41) is 50.1. The Morgan fingerprint density at radius 3 is 2.30 bits per heavy atom. The lowest BCUT2D eigenvalue weighted by molar-refractivity contribution is -0.0958. The molecule has 3 aromatic carbocycles. The summed E-state index contributed by atoms with van der Waals surface area (Å²) in [5.74, 6) is 1.39. The molecular weight excluding hydrogens is 772 g/mol. The molecule has 3 heterocycles. The van der Waals surface area contributed by atoms with E-state index in [0.717, 1.165) is 39.6 Å². The number of aliphatic hydroxyl groups excluding tert-OH is 4. The van der Waals surface area contributed by atoms with Gasteiger partial charge in [0.25, 0.3) is 5.89 Å². The van der Waals surface area contributed by atoms with E-state index in [-0.39, 0.29) is 5.76 Å². The van der Waals surface area contributed by atoms with Crippen LogP contribution in [0.25, 0.3) is 43.9 Å². The van der Waals surface area contributed by atoms with Crippen molar-refractivity contribution < 1.29 is 34.1 Å². The van der Waals surface area contributed by atoms with E-state index in [4.69, 9.17) is 25.1 Å². The Kier molecular flexibility index (Phi) is 12.9. The molecule has 4 unspecified atom stereocenters. The standard InChI is InChI=1S/C41H49BrN4O7S/c1-3-5-6-7-8-9-10-25-11-16-33-29(18-25)22-35(54-33)41(44,24-48)37(50)36(49)40(43,23-47)34-21-28-19-26(12-14-31(28)52-34)38-45-39(53-46-38)27-13-15-32(30(42)20-27)51-17-4-2/h11-16,18-22,36-37,47-50H,3-10,17,23-24,43-44H2,1-2H3. The maximum atomic E-state index is 11.6. The van der Waals surface area contributed by atoms with E-state index < -0.39 is 36.5 Å². The van der Waals surface area contributed by atoms with Crippen molar-refractivity contribution in [2.75, 3.05) is 19.8 Å². The van der Waals surface area contributed by atoms with Crippen molar-refractivity contribution in [2.24, 2.45) is 11.5 Å². The average Bonchev–Trinajstić information content (AvgIpc) is 3.96. The highest BCUT2D eigenvalue weighted by Crippen LogP contribution is 2.39. The van der Waals surface area contributed by atoms with E-state index in [1.54, 1.807) is 24.3 Å². The van der Waals surface area contributed by atoms with Crippen LogP contribution in [0.3, 0.4) is 0 Å². The first-order chi connectivity index (χ1) is 26.0. The van der Waals surface area contributed by atoms with Crippen LogP contribution in [-0.2, 0) is 17.5 Å². The van der Waals surface area contributed by atoms with Crippen LogP contribution < -0.4 is 16.2 Å². The zero-order valence-corrected chi connectivity index (χ0v) is 33.0. The maximum absolute atomic E-state index is 11.6. The first kappa shape index (κ1) is 40.0.